The highest BCUT2D eigenvalue weighted by atomic mass is 16.6. The Balaban J connectivity index is 2.66. The SMILES string of the molecule is COC(=O)/C=C/CN(Cc1ccccc1)C[C@@H](C)NC(=O)OC(C)(C)C. The van der Waals surface area contributed by atoms with Crippen LogP contribution < -0.4 is 5.32 Å². The summed E-state index contributed by atoms with van der Waals surface area (Å²) >= 11 is 0. The predicted molar refractivity (Wildman–Crippen MR) is 102 cm³/mol. The second-order valence-corrected chi connectivity index (χ2v) is 7.15. The molecular weight excluding hydrogens is 332 g/mol. The van der Waals surface area contributed by atoms with Crippen LogP contribution in [-0.4, -0.2) is 48.8 Å². The maximum atomic E-state index is 11.9. The minimum Gasteiger partial charge on any atom is -0.466 e. The monoisotopic (exact) mass is 362 g/mol. The van der Waals surface area contributed by atoms with Crippen molar-refractivity contribution in [3.8, 4) is 0 Å². The highest BCUT2D eigenvalue weighted by Gasteiger charge is 2.18. The molecule has 0 spiro atoms. The van der Waals surface area contributed by atoms with E-state index in [9.17, 15) is 9.59 Å². The van der Waals surface area contributed by atoms with Gasteiger partial charge in [-0.1, -0.05) is 36.4 Å². The number of ether oxygens (including phenoxy) is 2. The molecule has 1 aromatic rings. The average molecular weight is 362 g/mol. The molecule has 0 aliphatic heterocycles. The Kier molecular flexibility index (Phi) is 8.85. The van der Waals surface area contributed by atoms with Gasteiger partial charge in [0.2, 0.25) is 0 Å². The third kappa shape index (κ3) is 9.84. The number of esters is 1. The van der Waals surface area contributed by atoms with Crippen LogP contribution in [0, 0.1) is 0 Å². The first-order valence-corrected chi connectivity index (χ1v) is 8.70. The average Bonchev–Trinajstić information content (AvgIpc) is 2.53. The Bertz CT molecular complexity index is 594. The van der Waals surface area contributed by atoms with Crippen molar-refractivity contribution < 1.29 is 19.1 Å². The smallest absolute Gasteiger partial charge is 0.407 e. The Morgan fingerprint density at radius 2 is 1.88 bits per heavy atom. The molecule has 1 aromatic carbocycles. The number of benzene rings is 1. The fourth-order valence-corrected chi connectivity index (χ4v) is 2.35. The van der Waals surface area contributed by atoms with Crippen molar-refractivity contribution in [2.24, 2.45) is 0 Å². The summed E-state index contributed by atoms with van der Waals surface area (Å²) in [5.41, 5.74) is 0.625. The number of methoxy groups -OCH3 is 1. The number of nitrogens with one attached hydrogen (secondary N) is 1. The van der Waals surface area contributed by atoms with E-state index in [1.54, 1.807) is 6.08 Å². The molecule has 0 aromatic heterocycles. The molecule has 26 heavy (non-hydrogen) atoms. The quantitative estimate of drug-likeness (QED) is 0.568. The van der Waals surface area contributed by atoms with Crippen molar-refractivity contribution >= 4 is 12.1 Å². The largest absolute Gasteiger partial charge is 0.466 e. The Morgan fingerprint density at radius 3 is 2.46 bits per heavy atom. The molecule has 144 valence electrons. The van der Waals surface area contributed by atoms with Crippen molar-refractivity contribution in [3.63, 3.8) is 0 Å². The molecule has 0 aliphatic carbocycles. The molecule has 0 radical (unpaired) electrons. The number of rotatable bonds is 8. The lowest BCUT2D eigenvalue weighted by atomic mass is 10.2. The number of hydrogen-bond donors (Lipinski definition) is 1. The van der Waals surface area contributed by atoms with Gasteiger partial charge in [0.15, 0.2) is 0 Å². The van der Waals surface area contributed by atoms with Crippen LogP contribution in [0.15, 0.2) is 42.5 Å². The maximum absolute atomic E-state index is 11.9. The lowest BCUT2D eigenvalue weighted by Gasteiger charge is -2.26. The van der Waals surface area contributed by atoms with Gasteiger partial charge in [-0.2, -0.15) is 0 Å². The van der Waals surface area contributed by atoms with Gasteiger partial charge in [0, 0.05) is 31.8 Å². The normalized spacial score (nSPS) is 12.8. The van der Waals surface area contributed by atoms with Crippen molar-refractivity contribution in [2.45, 2.75) is 45.9 Å². The summed E-state index contributed by atoms with van der Waals surface area (Å²) in [5.74, 6) is -0.385. The molecule has 6 nitrogen and oxygen atoms in total. The van der Waals surface area contributed by atoms with E-state index in [4.69, 9.17) is 4.74 Å². The van der Waals surface area contributed by atoms with Crippen LogP contribution in [0.4, 0.5) is 4.79 Å². The van der Waals surface area contributed by atoms with Crippen LogP contribution in [0.1, 0.15) is 33.3 Å². The van der Waals surface area contributed by atoms with Crippen LogP contribution >= 0.6 is 0 Å². The van der Waals surface area contributed by atoms with Gasteiger partial charge in [0.25, 0.3) is 0 Å². The van der Waals surface area contributed by atoms with E-state index in [0.29, 0.717) is 19.6 Å². The first kappa shape index (κ1) is 21.7. The molecule has 0 unspecified atom stereocenters. The third-order valence-corrected chi connectivity index (χ3v) is 3.36. The molecule has 1 amide bonds. The standard InChI is InChI=1S/C20H30N2O4/c1-16(21-19(24)26-20(2,3)4)14-22(13-9-12-18(23)25-5)15-17-10-7-6-8-11-17/h6-12,16H,13-15H2,1-5H3,(H,21,24)/b12-9+/t16-/m1/s1. The molecule has 0 fully saturated rings. The summed E-state index contributed by atoms with van der Waals surface area (Å²) in [6.07, 6.45) is 2.73. The van der Waals surface area contributed by atoms with Crippen LogP contribution in [0.5, 0.6) is 0 Å². The lowest BCUT2D eigenvalue weighted by Crippen LogP contribution is -2.43. The van der Waals surface area contributed by atoms with Gasteiger partial charge in [0.1, 0.15) is 5.60 Å². The second-order valence-electron chi connectivity index (χ2n) is 7.15. The van der Waals surface area contributed by atoms with Gasteiger partial charge < -0.3 is 14.8 Å². The Labute approximate surface area is 156 Å². The van der Waals surface area contributed by atoms with Crippen LogP contribution in [-0.2, 0) is 20.8 Å². The van der Waals surface area contributed by atoms with E-state index in [-0.39, 0.29) is 12.0 Å². The number of carbonyl (C=O) groups excluding carboxylic acids is 2. The fourth-order valence-electron chi connectivity index (χ4n) is 2.35. The summed E-state index contributed by atoms with van der Waals surface area (Å²) in [5, 5.41) is 2.84. The van der Waals surface area contributed by atoms with E-state index < -0.39 is 11.7 Å². The highest BCUT2D eigenvalue weighted by molar-refractivity contribution is 5.81. The summed E-state index contributed by atoms with van der Waals surface area (Å²) in [6.45, 7) is 9.28. The van der Waals surface area contributed by atoms with Gasteiger partial charge in [-0.05, 0) is 33.3 Å². The van der Waals surface area contributed by atoms with E-state index in [1.807, 2.05) is 58.0 Å². The van der Waals surface area contributed by atoms with Gasteiger partial charge in [0.05, 0.1) is 7.11 Å². The number of nitrogens with zero attached hydrogens (tertiary/aromatic N) is 1. The van der Waals surface area contributed by atoms with E-state index >= 15 is 0 Å². The number of amides is 1. The van der Waals surface area contributed by atoms with Gasteiger partial charge in [-0.25, -0.2) is 9.59 Å². The molecule has 1 atom stereocenters. The van der Waals surface area contributed by atoms with Crippen LogP contribution in [0.2, 0.25) is 0 Å². The molecule has 0 saturated carbocycles. The summed E-state index contributed by atoms with van der Waals surface area (Å²) in [7, 11) is 1.35. The van der Waals surface area contributed by atoms with Crippen molar-refractivity contribution in [3.05, 3.63) is 48.0 Å². The minimum atomic E-state index is -0.531. The van der Waals surface area contributed by atoms with Crippen molar-refractivity contribution in [1.29, 1.82) is 0 Å². The molecular formula is C20H30N2O4. The summed E-state index contributed by atoms with van der Waals surface area (Å²) < 4.78 is 9.90. The van der Waals surface area contributed by atoms with Gasteiger partial charge >= 0.3 is 12.1 Å². The molecule has 0 saturated heterocycles. The first-order valence-electron chi connectivity index (χ1n) is 8.70. The van der Waals surface area contributed by atoms with E-state index in [0.717, 1.165) is 5.56 Å². The summed E-state index contributed by atoms with van der Waals surface area (Å²) in [6, 6.07) is 9.92. The summed E-state index contributed by atoms with van der Waals surface area (Å²) in [4.78, 5) is 25.3. The molecule has 1 rings (SSSR count). The molecule has 0 bridgehead atoms. The zero-order valence-corrected chi connectivity index (χ0v) is 16.3. The first-order chi connectivity index (χ1) is 12.2. The topological polar surface area (TPSA) is 67.9 Å². The fraction of sp³-hybridized carbons (Fsp3) is 0.500. The third-order valence-electron chi connectivity index (χ3n) is 3.36. The molecule has 6 heteroatoms. The number of alkyl carbamates (subject to hydrolysis) is 1. The van der Waals surface area contributed by atoms with Crippen molar-refractivity contribution in [1.82, 2.24) is 10.2 Å². The minimum absolute atomic E-state index is 0.111. The molecule has 0 aliphatic rings. The zero-order valence-electron chi connectivity index (χ0n) is 16.3. The maximum Gasteiger partial charge on any atom is 0.407 e. The van der Waals surface area contributed by atoms with E-state index in [1.165, 1.54) is 13.2 Å². The molecule has 1 N–H and O–H groups in total. The predicted octanol–water partition coefficient (Wildman–Crippen LogP) is 3.13. The van der Waals surface area contributed by atoms with Crippen molar-refractivity contribution in [2.75, 3.05) is 20.2 Å². The molecule has 0 heterocycles. The lowest BCUT2D eigenvalue weighted by molar-refractivity contribution is -0.134. The number of hydrogen-bond acceptors (Lipinski definition) is 5. The number of carbonyl (C=O) groups is 2. The second kappa shape index (κ2) is 10.6. The Hall–Kier alpha value is -2.34. The zero-order chi connectivity index (χ0) is 19.6. The van der Waals surface area contributed by atoms with Gasteiger partial charge in [-0.3, -0.25) is 4.90 Å². The highest BCUT2D eigenvalue weighted by Crippen LogP contribution is 2.08. The van der Waals surface area contributed by atoms with E-state index in [2.05, 4.69) is 15.0 Å². The van der Waals surface area contributed by atoms with Crippen LogP contribution in [0.25, 0.3) is 0 Å². The van der Waals surface area contributed by atoms with Crippen LogP contribution in [0.3, 0.4) is 0 Å². The van der Waals surface area contributed by atoms with Gasteiger partial charge in [-0.15, -0.1) is 0 Å². The Morgan fingerprint density at radius 1 is 1.23 bits per heavy atom.